The Morgan fingerprint density at radius 2 is 1.53 bits per heavy atom. The van der Waals surface area contributed by atoms with E-state index in [1.165, 1.54) is 0 Å². The molecule has 0 aromatic heterocycles. The van der Waals surface area contributed by atoms with Gasteiger partial charge in [-0.25, -0.2) is 4.79 Å². The third kappa shape index (κ3) is 11.9. The third-order valence-corrected chi connectivity index (χ3v) is 2.41. The number of hydrogen-bond acceptors (Lipinski definition) is 5. The molecule has 2 heterocycles. The molecule has 19 heavy (non-hydrogen) atoms. The molecule has 2 aliphatic heterocycles. The number of epoxide rings is 2. The molecule has 2 rings (SSSR count). The first-order valence-corrected chi connectivity index (χ1v) is 6.46. The van der Waals surface area contributed by atoms with E-state index >= 15 is 0 Å². The zero-order valence-electron chi connectivity index (χ0n) is 11.1. The van der Waals surface area contributed by atoms with Gasteiger partial charge in [0.2, 0.25) is 0 Å². The molecular weight excluding hydrogens is 252 g/mol. The molecule has 0 amide bonds. The van der Waals surface area contributed by atoms with Crippen molar-refractivity contribution in [1.82, 2.24) is 0 Å². The maximum atomic E-state index is 9.25. The summed E-state index contributed by atoms with van der Waals surface area (Å²) in [6, 6.07) is 0. The molecule has 2 atom stereocenters. The molecule has 0 saturated carbocycles. The average molecular weight is 274 g/mol. The van der Waals surface area contributed by atoms with Crippen molar-refractivity contribution in [2.75, 3.05) is 39.6 Å². The van der Waals surface area contributed by atoms with Gasteiger partial charge in [0.15, 0.2) is 0 Å². The van der Waals surface area contributed by atoms with Gasteiger partial charge in [0.05, 0.1) is 26.4 Å². The quantitative estimate of drug-likeness (QED) is 0.361. The highest BCUT2D eigenvalue weighted by atomic mass is 16.6. The van der Waals surface area contributed by atoms with Crippen molar-refractivity contribution in [2.24, 2.45) is 0 Å². The van der Waals surface area contributed by atoms with Crippen LogP contribution in [-0.4, -0.2) is 62.9 Å². The van der Waals surface area contributed by atoms with E-state index < -0.39 is 5.97 Å². The van der Waals surface area contributed by atoms with E-state index in [0.29, 0.717) is 12.2 Å². The summed E-state index contributed by atoms with van der Waals surface area (Å²) in [4.78, 5) is 9.25. The molecular formula is C13H22O6. The van der Waals surface area contributed by atoms with Gasteiger partial charge in [0.1, 0.15) is 12.2 Å². The standard InChI is InChI=1S/C10H18O4.C3H4O2/c1(3-11-5-9-7-13-9)2-4-12-6-10-8-14-10;1-2-3(4)5/h9-10H,1-8H2;2H,1H2,(H,4,5). The smallest absolute Gasteiger partial charge is 0.327 e. The molecule has 1 N–H and O–H groups in total. The van der Waals surface area contributed by atoms with Crippen molar-refractivity contribution >= 4 is 5.97 Å². The number of rotatable bonds is 10. The fourth-order valence-electron chi connectivity index (χ4n) is 1.17. The lowest BCUT2D eigenvalue weighted by molar-refractivity contribution is -0.131. The van der Waals surface area contributed by atoms with Crippen LogP contribution in [0.5, 0.6) is 0 Å². The van der Waals surface area contributed by atoms with E-state index in [2.05, 4.69) is 6.58 Å². The highest BCUT2D eigenvalue weighted by Gasteiger charge is 2.22. The number of carbonyl (C=O) groups is 1. The highest BCUT2D eigenvalue weighted by Crippen LogP contribution is 2.09. The van der Waals surface area contributed by atoms with Crippen LogP contribution in [-0.2, 0) is 23.7 Å². The summed E-state index contributed by atoms with van der Waals surface area (Å²) in [6.45, 7) is 7.89. The summed E-state index contributed by atoms with van der Waals surface area (Å²) in [5.41, 5.74) is 0. The zero-order chi connectivity index (χ0) is 13.9. The van der Waals surface area contributed by atoms with E-state index in [-0.39, 0.29) is 0 Å². The fraction of sp³-hybridized carbons (Fsp3) is 0.769. The van der Waals surface area contributed by atoms with E-state index in [0.717, 1.165) is 58.6 Å². The lowest BCUT2D eigenvalue weighted by Crippen LogP contribution is -2.05. The molecule has 0 aromatic rings. The van der Waals surface area contributed by atoms with Crippen LogP contribution in [0.4, 0.5) is 0 Å². The number of hydrogen-bond donors (Lipinski definition) is 1. The van der Waals surface area contributed by atoms with Crippen molar-refractivity contribution < 1.29 is 28.8 Å². The first-order chi connectivity index (χ1) is 9.22. The molecule has 2 saturated heterocycles. The number of carboxylic acid groups (broad SMARTS) is 1. The van der Waals surface area contributed by atoms with Gasteiger partial charge in [0, 0.05) is 19.3 Å². The molecule has 110 valence electrons. The summed E-state index contributed by atoms with van der Waals surface area (Å²) in [5.74, 6) is -0.981. The molecule has 0 radical (unpaired) electrons. The van der Waals surface area contributed by atoms with Gasteiger partial charge in [0.25, 0.3) is 0 Å². The van der Waals surface area contributed by atoms with Gasteiger partial charge in [-0.3, -0.25) is 0 Å². The summed E-state index contributed by atoms with van der Waals surface area (Å²) < 4.78 is 20.8. The van der Waals surface area contributed by atoms with Crippen LogP contribution in [0.15, 0.2) is 12.7 Å². The molecule has 0 spiro atoms. The maximum Gasteiger partial charge on any atom is 0.327 e. The number of carboxylic acids is 1. The Kier molecular flexibility index (Phi) is 8.40. The van der Waals surface area contributed by atoms with E-state index in [1.54, 1.807) is 0 Å². The number of aliphatic carboxylic acids is 1. The van der Waals surface area contributed by atoms with Crippen LogP contribution < -0.4 is 0 Å². The lowest BCUT2D eigenvalue weighted by Gasteiger charge is -2.03. The maximum absolute atomic E-state index is 9.25. The van der Waals surface area contributed by atoms with Crippen LogP contribution in [0.1, 0.15) is 12.8 Å². The topological polar surface area (TPSA) is 80.8 Å². The Labute approximate surface area is 113 Å². The molecule has 6 nitrogen and oxygen atoms in total. The van der Waals surface area contributed by atoms with Crippen LogP contribution >= 0.6 is 0 Å². The number of unbranched alkanes of at least 4 members (excludes halogenated alkanes) is 1. The lowest BCUT2D eigenvalue weighted by atomic mass is 10.3. The number of ether oxygens (including phenoxy) is 4. The molecule has 2 fully saturated rings. The van der Waals surface area contributed by atoms with Crippen molar-refractivity contribution in [3.63, 3.8) is 0 Å². The van der Waals surface area contributed by atoms with E-state index in [4.69, 9.17) is 24.1 Å². The minimum atomic E-state index is -0.981. The monoisotopic (exact) mass is 274 g/mol. The minimum Gasteiger partial charge on any atom is -0.478 e. The molecule has 0 bridgehead atoms. The normalized spacial score (nSPS) is 23.2. The van der Waals surface area contributed by atoms with Crippen molar-refractivity contribution in [1.29, 1.82) is 0 Å². The Bertz CT molecular complexity index is 242. The second-order valence-corrected chi connectivity index (χ2v) is 4.31. The molecule has 0 aliphatic carbocycles. The average Bonchev–Trinajstić information content (AvgIpc) is 3.27. The van der Waals surface area contributed by atoms with Crippen LogP contribution in [0.2, 0.25) is 0 Å². The predicted octanol–water partition coefficient (Wildman–Crippen LogP) is 0.854. The van der Waals surface area contributed by atoms with Crippen LogP contribution in [0, 0.1) is 0 Å². The van der Waals surface area contributed by atoms with Gasteiger partial charge in [-0.1, -0.05) is 6.58 Å². The summed E-state index contributed by atoms with van der Waals surface area (Å²) in [7, 11) is 0. The molecule has 6 heteroatoms. The first-order valence-electron chi connectivity index (χ1n) is 6.46. The third-order valence-electron chi connectivity index (χ3n) is 2.41. The van der Waals surface area contributed by atoms with Gasteiger partial charge in [-0.15, -0.1) is 0 Å². The SMILES string of the molecule is C(CCOCC1CO1)COCC1CO1.C=CC(=O)O. The van der Waals surface area contributed by atoms with Crippen molar-refractivity contribution in [2.45, 2.75) is 25.0 Å². The largest absolute Gasteiger partial charge is 0.478 e. The minimum absolute atomic E-state index is 0.387. The second-order valence-electron chi connectivity index (χ2n) is 4.31. The zero-order valence-corrected chi connectivity index (χ0v) is 11.1. The van der Waals surface area contributed by atoms with Crippen LogP contribution in [0.25, 0.3) is 0 Å². The Balaban J connectivity index is 0.000000312. The van der Waals surface area contributed by atoms with E-state index in [1.807, 2.05) is 0 Å². The fourth-order valence-corrected chi connectivity index (χ4v) is 1.17. The molecule has 0 aromatic carbocycles. The Morgan fingerprint density at radius 1 is 1.16 bits per heavy atom. The molecule has 2 aliphatic rings. The Hall–Kier alpha value is -0.950. The van der Waals surface area contributed by atoms with Gasteiger partial charge >= 0.3 is 5.97 Å². The second kappa shape index (κ2) is 9.91. The van der Waals surface area contributed by atoms with Crippen molar-refractivity contribution in [3.05, 3.63) is 12.7 Å². The van der Waals surface area contributed by atoms with Gasteiger partial charge < -0.3 is 24.1 Å². The van der Waals surface area contributed by atoms with Gasteiger partial charge in [-0.05, 0) is 12.8 Å². The summed E-state index contributed by atoms with van der Waals surface area (Å²) in [5, 5.41) is 7.60. The van der Waals surface area contributed by atoms with Crippen molar-refractivity contribution in [3.8, 4) is 0 Å². The molecule has 2 unspecified atom stereocenters. The predicted molar refractivity (Wildman–Crippen MR) is 68.2 cm³/mol. The highest BCUT2D eigenvalue weighted by molar-refractivity contribution is 5.78. The summed E-state index contributed by atoms with van der Waals surface area (Å²) in [6.07, 6.45) is 3.74. The summed E-state index contributed by atoms with van der Waals surface area (Å²) >= 11 is 0. The Morgan fingerprint density at radius 3 is 1.79 bits per heavy atom. The first kappa shape index (κ1) is 16.1. The van der Waals surface area contributed by atoms with E-state index in [9.17, 15) is 4.79 Å². The van der Waals surface area contributed by atoms with Crippen LogP contribution in [0.3, 0.4) is 0 Å². The van der Waals surface area contributed by atoms with Gasteiger partial charge in [-0.2, -0.15) is 0 Å².